The first-order valence-electron chi connectivity index (χ1n) is 7.06. The summed E-state index contributed by atoms with van der Waals surface area (Å²) in [5.41, 5.74) is 0. The van der Waals surface area contributed by atoms with Crippen LogP contribution in [0, 0.1) is 5.92 Å². The molecular weight excluding hydrogens is 278 g/mol. The Morgan fingerprint density at radius 1 is 1.24 bits per heavy atom. The molecule has 0 aliphatic carbocycles. The van der Waals surface area contributed by atoms with Gasteiger partial charge in [0, 0.05) is 13.0 Å². The SMILES string of the molecule is CN1CCC(CNC(=O)N[C@@H](CCC(=O)O)C(=O)O)CC1. The topological polar surface area (TPSA) is 119 Å². The fourth-order valence-electron chi connectivity index (χ4n) is 2.24. The highest BCUT2D eigenvalue weighted by atomic mass is 16.4. The Labute approximate surface area is 123 Å². The standard InChI is InChI=1S/C13H23N3O5/c1-16-6-4-9(5-7-16)8-14-13(21)15-10(12(19)20)2-3-11(17)18/h9-10H,2-8H2,1H3,(H,17,18)(H,19,20)(H2,14,15,21)/t10-/m0/s1. The minimum atomic E-state index is -1.23. The van der Waals surface area contributed by atoms with Gasteiger partial charge in [-0.3, -0.25) is 4.79 Å². The molecule has 0 aromatic carbocycles. The quantitative estimate of drug-likeness (QED) is 0.523. The highest BCUT2D eigenvalue weighted by Gasteiger charge is 2.22. The second-order valence-electron chi connectivity index (χ2n) is 5.42. The molecule has 0 aromatic rings. The van der Waals surface area contributed by atoms with Crippen LogP contribution in [0.3, 0.4) is 0 Å². The fourth-order valence-corrected chi connectivity index (χ4v) is 2.24. The van der Waals surface area contributed by atoms with Gasteiger partial charge in [0.25, 0.3) is 0 Å². The van der Waals surface area contributed by atoms with Gasteiger partial charge in [0.15, 0.2) is 0 Å². The summed E-state index contributed by atoms with van der Waals surface area (Å²) in [5, 5.41) is 22.4. The van der Waals surface area contributed by atoms with E-state index in [4.69, 9.17) is 10.2 Å². The summed E-state index contributed by atoms with van der Waals surface area (Å²) in [6.07, 6.45) is 1.56. The number of piperidine rings is 1. The smallest absolute Gasteiger partial charge is 0.326 e. The number of nitrogens with zero attached hydrogens (tertiary/aromatic N) is 1. The predicted octanol–water partition coefficient (Wildman–Crippen LogP) is -0.0546. The van der Waals surface area contributed by atoms with Crippen LogP contribution in [0.25, 0.3) is 0 Å². The zero-order valence-electron chi connectivity index (χ0n) is 12.2. The van der Waals surface area contributed by atoms with Crippen molar-refractivity contribution >= 4 is 18.0 Å². The lowest BCUT2D eigenvalue weighted by Crippen LogP contribution is -2.47. The molecule has 1 saturated heterocycles. The number of rotatable bonds is 7. The molecule has 2 amide bonds. The Morgan fingerprint density at radius 3 is 2.38 bits per heavy atom. The third-order valence-corrected chi connectivity index (χ3v) is 3.64. The lowest BCUT2D eigenvalue weighted by Gasteiger charge is -2.29. The monoisotopic (exact) mass is 301 g/mol. The van der Waals surface area contributed by atoms with Gasteiger partial charge in [-0.1, -0.05) is 0 Å². The average Bonchev–Trinajstić information content (AvgIpc) is 2.42. The van der Waals surface area contributed by atoms with Crippen LogP contribution in [-0.4, -0.2) is 65.8 Å². The number of carboxylic acids is 2. The van der Waals surface area contributed by atoms with Gasteiger partial charge < -0.3 is 25.7 Å². The Hall–Kier alpha value is -1.83. The van der Waals surface area contributed by atoms with Gasteiger partial charge in [0.1, 0.15) is 6.04 Å². The number of carbonyl (C=O) groups excluding carboxylic acids is 1. The molecule has 1 aliphatic heterocycles. The molecular formula is C13H23N3O5. The third-order valence-electron chi connectivity index (χ3n) is 3.64. The van der Waals surface area contributed by atoms with E-state index in [9.17, 15) is 14.4 Å². The molecule has 0 unspecified atom stereocenters. The van der Waals surface area contributed by atoms with E-state index < -0.39 is 24.0 Å². The van der Waals surface area contributed by atoms with Crippen molar-refractivity contribution in [2.75, 3.05) is 26.7 Å². The van der Waals surface area contributed by atoms with Gasteiger partial charge in [0.2, 0.25) is 0 Å². The van der Waals surface area contributed by atoms with E-state index in [-0.39, 0.29) is 12.8 Å². The maximum atomic E-state index is 11.7. The lowest BCUT2D eigenvalue weighted by atomic mass is 9.97. The highest BCUT2D eigenvalue weighted by Crippen LogP contribution is 2.14. The molecule has 21 heavy (non-hydrogen) atoms. The van der Waals surface area contributed by atoms with Gasteiger partial charge in [-0.05, 0) is 45.3 Å². The van der Waals surface area contributed by atoms with E-state index in [1.807, 2.05) is 0 Å². The molecule has 1 fully saturated rings. The zero-order valence-corrected chi connectivity index (χ0v) is 12.2. The van der Waals surface area contributed by atoms with Crippen LogP contribution in [0.5, 0.6) is 0 Å². The highest BCUT2D eigenvalue weighted by molar-refractivity contribution is 5.82. The fraction of sp³-hybridized carbons (Fsp3) is 0.769. The molecule has 0 bridgehead atoms. The van der Waals surface area contributed by atoms with E-state index in [2.05, 4.69) is 22.6 Å². The summed E-state index contributed by atoms with van der Waals surface area (Å²) < 4.78 is 0. The Bertz CT molecular complexity index is 380. The second-order valence-corrected chi connectivity index (χ2v) is 5.42. The van der Waals surface area contributed by atoms with E-state index >= 15 is 0 Å². The Balaban J connectivity index is 2.29. The number of carbonyl (C=O) groups is 3. The first kappa shape index (κ1) is 17.2. The minimum Gasteiger partial charge on any atom is -0.481 e. The molecule has 1 atom stereocenters. The van der Waals surface area contributed by atoms with Crippen molar-refractivity contribution in [1.29, 1.82) is 0 Å². The molecule has 1 rings (SSSR count). The molecule has 0 radical (unpaired) electrons. The van der Waals surface area contributed by atoms with Crippen molar-refractivity contribution in [2.45, 2.75) is 31.7 Å². The number of amides is 2. The second kappa shape index (κ2) is 8.46. The average molecular weight is 301 g/mol. The van der Waals surface area contributed by atoms with Crippen molar-refractivity contribution in [2.24, 2.45) is 5.92 Å². The van der Waals surface area contributed by atoms with E-state index in [0.717, 1.165) is 25.9 Å². The van der Waals surface area contributed by atoms with Crippen LogP contribution < -0.4 is 10.6 Å². The van der Waals surface area contributed by atoms with Crippen molar-refractivity contribution in [3.05, 3.63) is 0 Å². The number of carboxylic acid groups (broad SMARTS) is 2. The van der Waals surface area contributed by atoms with Crippen LogP contribution in [-0.2, 0) is 9.59 Å². The summed E-state index contributed by atoms with van der Waals surface area (Å²) in [6, 6.07) is -1.75. The lowest BCUT2D eigenvalue weighted by molar-refractivity contribution is -0.140. The molecule has 4 N–H and O–H groups in total. The number of nitrogens with one attached hydrogen (secondary N) is 2. The predicted molar refractivity (Wildman–Crippen MR) is 75.0 cm³/mol. The first-order valence-corrected chi connectivity index (χ1v) is 7.06. The third kappa shape index (κ3) is 6.94. The normalized spacial score (nSPS) is 18.0. The summed E-state index contributed by atoms with van der Waals surface area (Å²) in [6.45, 7) is 2.49. The van der Waals surface area contributed by atoms with Crippen LogP contribution in [0.1, 0.15) is 25.7 Å². The van der Waals surface area contributed by atoms with Crippen molar-refractivity contribution in [1.82, 2.24) is 15.5 Å². The van der Waals surface area contributed by atoms with Crippen LogP contribution in [0.4, 0.5) is 4.79 Å². The van der Waals surface area contributed by atoms with Crippen molar-refractivity contribution in [3.8, 4) is 0 Å². The largest absolute Gasteiger partial charge is 0.481 e. The molecule has 1 heterocycles. The maximum Gasteiger partial charge on any atom is 0.326 e. The number of urea groups is 1. The minimum absolute atomic E-state index is 0.133. The Morgan fingerprint density at radius 2 is 1.86 bits per heavy atom. The molecule has 0 saturated carbocycles. The van der Waals surface area contributed by atoms with E-state index in [1.54, 1.807) is 0 Å². The van der Waals surface area contributed by atoms with Gasteiger partial charge in [-0.15, -0.1) is 0 Å². The summed E-state index contributed by atoms with van der Waals surface area (Å²) in [7, 11) is 2.05. The number of aliphatic carboxylic acids is 2. The van der Waals surface area contributed by atoms with Crippen LogP contribution in [0.15, 0.2) is 0 Å². The van der Waals surface area contributed by atoms with E-state index in [1.165, 1.54) is 0 Å². The van der Waals surface area contributed by atoms with Gasteiger partial charge in [-0.2, -0.15) is 0 Å². The molecule has 120 valence electrons. The summed E-state index contributed by atoms with van der Waals surface area (Å²) >= 11 is 0. The molecule has 0 spiro atoms. The van der Waals surface area contributed by atoms with Crippen LogP contribution in [0.2, 0.25) is 0 Å². The maximum absolute atomic E-state index is 11.7. The van der Waals surface area contributed by atoms with Crippen molar-refractivity contribution in [3.63, 3.8) is 0 Å². The molecule has 8 nitrogen and oxygen atoms in total. The van der Waals surface area contributed by atoms with Crippen LogP contribution >= 0.6 is 0 Å². The molecule has 8 heteroatoms. The first-order chi connectivity index (χ1) is 9.88. The zero-order chi connectivity index (χ0) is 15.8. The number of likely N-dealkylation sites (tertiary alicyclic amines) is 1. The summed E-state index contributed by atoms with van der Waals surface area (Å²) in [4.78, 5) is 35.3. The van der Waals surface area contributed by atoms with Gasteiger partial charge >= 0.3 is 18.0 Å². The molecule has 1 aliphatic rings. The van der Waals surface area contributed by atoms with Crippen molar-refractivity contribution < 1.29 is 24.6 Å². The van der Waals surface area contributed by atoms with E-state index in [0.29, 0.717) is 12.5 Å². The Kier molecular flexibility index (Phi) is 6.93. The number of hydrogen-bond donors (Lipinski definition) is 4. The van der Waals surface area contributed by atoms with Gasteiger partial charge in [-0.25, -0.2) is 9.59 Å². The van der Waals surface area contributed by atoms with Gasteiger partial charge in [0.05, 0.1) is 0 Å². The molecule has 0 aromatic heterocycles. The number of hydrogen-bond acceptors (Lipinski definition) is 4. The summed E-state index contributed by atoms with van der Waals surface area (Å²) in [5.74, 6) is -1.92.